The van der Waals surface area contributed by atoms with E-state index >= 15 is 0 Å². The van der Waals surface area contributed by atoms with E-state index in [2.05, 4.69) is 200 Å². The van der Waals surface area contributed by atoms with Crippen molar-refractivity contribution in [1.29, 1.82) is 0 Å². The van der Waals surface area contributed by atoms with Gasteiger partial charge in [-0.2, -0.15) is 0 Å². The normalized spacial score (nSPS) is 11.9. The first-order valence-corrected chi connectivity index (χ1v) is 21.6. The second kappa shape index (κ2) is 13.4. The molecule has 10 aromatic carbocycles. The van der Waals surface area contributed by atoms with Crippen LogP contribution in [0.2, 0.25) is 0 Å². The van der Waals surface area contributed by atoms with Crippen molar-refractivity contribution >= 4 is 86.8 Å². The Morgan fingerprint density at radius 1 is 0.295 bits per heavy atom. The van der Waals surface area contributed by atoms with Gasteiger partial charge in [-0.3, -0.25) is 0 Å². The standard InChI is InChI=1S/C58H34O2S/c1-3-16-35(17-4-1)38-26-15-27-48-55(57(61-58(38)48)37-30-31-40-39-20-11-13-28-49(39)59-51(40)34-37)46-32-33-47(56-54(46)45-25-12-14-29-50(45)60-56)53-43-23-9-7-21-41(43)52(36-18-5-2-6-19-36)42-22-8-10-24-44(42)53/h1-34H. The number of hydrogen-bond donors (Lipinski definition) is 0. The molecule has 0 N–H and O–H groups in total. The fourth-order valence-electron chi connectivity index (χ4n) is 9.87. The molecule has 3 aromatic heterocycles. The largest absolute Gasteiger partial charge is 0.456 e. The molecule has 3 heterocycles. The van der Waals surface area contributed by atoms with Crippen molar-refractivity contribution in [3.05, 3.63) is 206 Å². The first-order chi connectivity index (χ1) is 30.3. The minimum Gasteiger partial charge on any atom is -0.456 e. The van der Waals surface area contributed by atoms with E-state index in [1.807, 2.05) is 17.4 Å². The monoisotopic (exact) mass is 794 g/mol. The van der Waals surface area contributed by atoms with E-state index in [0.717, 1.165) is 60.6 Å². The summed E-state index contributed by atoms with van der Waals surface area (Å²) in [5.41, 5.74) is 14.2. The molecule has 2 nitrogen and oxygen atoms in total. The SMILES string of the molecule is c1ccc(-c2c3ccccc3c(-c3ccc(-c4c(-c5ccc6c(c5)oc5ccccc56)sc5c(-c6ccccc6)cccc45)c4c3oc3ccccc34)c3ccccc23)cc1. The van der Waals surface area contributed by atoms with Crippen LogP contribution in [0.4, 0.5) is 0 Å². The lowest BCUT2D eigenvalue weighted by Gasteiger charge is -2.18. The van der Waals surface area contributed by atoms with Crippen molar-refractivity contribution in [1.82, 2.24) is 0 Å². The van der Waals surface area contributed by atoms with Crippen LogP contribution in [0.15, 0.2) is 215 Å². The van der Waals surface area contributed by atoms with Crippen LogP contribution in [-0.4, -0.2) is 0 Å². The van der Waals surface area contributed by atoms with Gasteiger partial charge in [-0.25, -0.2) is 0 Å². The van der Waals surface area contributed by atoms with Gasteiger partial charge in [0.15, 0.2) is 0 Å². The average molecular weight is 795 g/mol. The first-order valence-electron chi connectivity index (χ1n) is 20.7. The number of fused-ring (bicyclic) bond motifs is 9. The Morgan fingerprint density at radius 3 is 1.54 bits per heavy atom. The number of para-hydroxylation sites is 2. The Labute approximate surface area is 355 Å². The zero-order valence-electron chi connectivity index (χ0n) is 32.9. The van der Waals surface area contributed by atoms with Gasteiger partial charge >= 0.3 is 0 Å². The minimum absolute atomic E-state index is 0.871. The highest BCUT2D eigenvalue weighted by Gasteiger charge is 2.26. The van der Waals surface area contributed by atoms with E-state index in [0.29, 0.717) is 0 Å². The molecule has 0 spiro atoms. The van der Waals surface area contributed by atoms with E-state index in [9.17, 15) is 0 Å². The van der Waals surface area contributed by atoms with Gasteiger partial charge in [0, 0.05) is 53.2 Å². The Morgan fingerprint density at radius 2 is 0.836 bits per heavy atom. The van der Waals surface area contributed by atoms with Gasteiger partial charge in [0.05, 0.1) is 0 Å². The second-order valence-electron chi connectivity index (χ2n) is 15.8. The summed E-state index contributed by atoms with van der Waals surface area (Å²) in [5.74, 6) is 0. The molecule has 3 heteroatoms. The fraction of sp³-hybridized carbons (Fsp3) is 0. The van der Waals surface area contributed by atoms with Crippen LogP contribution in [0.5, 0.6) is 0 Å². The van der Waals surface area contributed by atoms with Gasteiger partial charge in [0.25, 0.3) is 0 Å². The molecular formula is C58H34O2S. The van der Waals surface area contributed by atoms with E-state index in [-0.39, 0.29) is 0 Å². The van der Waals surface area contributed by atoms with E-state index in [4.69, 9.17) is 8.83 Å². The zero-order chi connectivity index (χ0) is 40.0. The van der Waals surface area contributed by atoms with Crippen molar-refractivity contribution < 1.29 is 8.83 Å². The minimum atomic E-state index is 0.871. The summed E-state index contributed by atoms with van der Waals surface area (Å²) in [4.78, 5) is 1.20. The fourth-order valence-corrected chi connectivity index (χ4v) is 11.2. The molecule has 284 valence electrons. The van der Waals surface area contributed by atoms with Crippen LogP contribution < -0.4 is 0 Å². The Balaban J connectivity index is 1.14. The van der Waals surface area contributed by atoms with Gasteiger partial charge in [0.2, 0.25) is 0 Å². The van der Waals surface area contributed by atoms with E-state index in [1.165, 1.54) is 69.9 Å². The maximum atomic E-state index is 7.12. The lowest BCUT2D eigenvalue weighted by Crippen LogP contribution is -1.92. The summed E-state index contributed by atoms with van der Waals surface area (Å²) < 4.78 is 14.9. The van der Waals surface area contributed by atoms with Crippen molar-refractivity contribution in [2.45, 2.75) is 0 Å². The molecule has 0 saturated heterocycles. The lowest BCUT2D eigenvalue weighted by atomic mass is 9.84. The maximum Gasteiger partial charge on any atom is 0.143 e. The van der Waals surface area contributed by atoms with Gasteiger partial charge in [-0.05, 0) is 85.3 Å². The number of thiophene rings is 1. The van der Waals surface area contributed by atoms with Crippen molar-refractivity contribution in [2.75, 3.05) is 0 Å². The molecule has 0 aliphatic heterocycles. The summed E-state index contributed by atoms with van der Waals surface area (Å²) in [7, 11) is 0. The molecule has 0 fully saturated rings. The molecule has 0 saturated carbocycles. The lowest BCUT2D eigenvalue weighted by molar-refractivity contribution is 0.669. The third-order valence-corrected chi connectivity index (χ3v) is 13.8. The molecule has 0 atom stereocenters. The first kappa shape index (κ1) is 34.2. The van der Waals surface area contributed by atoms with Gasteiger partial charge in [-0.1, -0.05) is 176 Å². The van der Waals surface area contributed by atoms with Gasteiger partial charge < -0.3 is 8.83 Å². The van der Waals surface area contributed by atoms with Crippen LogP contribution in [-0.2, 0) is 0 Å². The van der Waals surface area contributed by atoms with E-state index in [1.54, 1.807) is 0 Å². The van der Waals surface area contributed by atoms with Crippen LogP contribution in [0, 0.1) is 0 Å². The highest BCUT2D eigenvalue weighted by molar-refractivity contribution is 7.23. The molecule has 61 heavy (non-hydrogen) atoms. The molecule has 0 amide bonds. The molecular weight excluding hydrogens is 761 g/mol. The average Bonchev–Trinajstić information content (AvgIpc) is 4.03. The molecule has 0 radical (unpaired) electrons. The molecule has 0 unspecified atom stereocenters. The third kappa shape index (κ3) is 5.14. The predicted molar refractivity (Wildman–Crippen MR) is 259 cm³/mol. The summed E-state index contributed by atoms with van der Waals surface area (Å²) >= 11 is 1.86. The maximum absolute atomic E-state index is 7.12. The summed E-state index contributed by atoms with van der Waals surface area (Å²) in [6, 6.07) is 74.2. The molecule has 13 aromatic rings. The van der Waals surface area contributed by atoms with Crippen LogP contribution in [0.3, 0.4) is 0 Å². The molecule has 0 bridgehead atoms. The second-order valence-corrected chi connectivity index (χ2v) is 16.9. The van der Waals surface area contributed by atoms with Crippen molar-refractivity contribution in [3.63, 3.8) is 0 Å². The number of benzene rings is 10. The summed E-state index contributed by atoms with van der Waals surface area (Å²) in [6.07, 6.45) is 0. The number of furan rings is 2. The van der Waals surface area contributed by atoms with Gasteiger partial charge in [0.1, 0.15) is 22.3 Å². The molecule has 0 aliphatic rings. The van der Waals surface area contributed by atoms with E-state index < -0.39 is 0 Å². The smallest absolute Gasteiger partial charge is 0.143 e. The Kier molecular flexibility index (Phi) is 7.51. The third-order valence-electron chi connectivity index (χ3n) is 12.5. The van der Waals surface area contributed by atoms with Crippen LogP contribution in [0.1, 0.15) is 0 Å². The Hall–Kier alpha value is -7.72. The summed E-state index contributed by atoms with van der Waals surface area (Å²) in [6.45, 7) is 0. The zero-order valence-corrected chi connectivity index (χ0v) is 33.7. The summed E-state index contributed by atoms with van der Waals surface area (Å²) in [5, 5.41) is 10.5. The highest BCUT2D eigenvalue weighted by Crippen LogP contribution is 2.53. The molecule has 13 rings (SSSR count). The highest BCUT2D eigenvalue weighted by atomic mass is 32.1. The predicted octanol–water partition coefficient (Wildman–Crippen LogP) is 17.3. The Bertz CT molecular complexity index is 3810. The van der Waals surface area contributed by atoms with Crippen molar-refractivity contribution in [2.24, 2.45) is 0 Å². The van der Waals surface area contributed by atoms with Gasteiger partial charge in [-0.15, -0.1) is 11.3 Å². The van der Waals surface area contributed by atoms with Crippen LogP contribution >= 0.6 is 11.3 Å². The number of rotatable bonds is 5. The quantitative estimate of drug-likeness (QED) is 0.162. The number of hydrogen-bond acceptors (Lipinski definition) is 3. The van der Waals surface area contributed by atoms with Crippen molar-refractivity contribution in [3.8, 4) is 54.9 Å². The molecule has 0 aliphatic carbocycles. The topological polar surface area (TPSA) is 26.3 Å². The van der Waals surface area contributed by atoms with Crippen LogP contribution in [0.25, 0.3) is 130 Å².